The zero-order valence-corrected chi connectivity index (χ0v) is 16.6. The van der Waals surface area contributed by atoms with Gasteiger partial charge in [-0.15, -0.1) is 11.3 Å². The minimum atomic E-state index is -0.981. The van der Waals surface area contributed by atoms with E-state index in [2.05, 4.69) is 15.6 Å². The number of benzene rings is 2. The molecular weight excluding hydrogens is 397 g/mol. The Bertz CT molecular complexity index is 989. The standard InChI is InChI=1S/C20H18FN3O2S2/c1-12-22-18(11-28-12)14-3-2-4-16(9-14)23-20(27)24-17(10-19(25)26)13-5-7-15(21)8-6-13/h2-9,11,17H,10H2,1H3,(H,25,26)(H2,23,24,27). The van der Waals surface area contributed by atoms with Gasteiger partial charge >= 0.3 is 5.97 Å². The van der Waals surface area contributed by atoms with E-state index in [9.17, 15) is 14.3 Å². The Hall–Kier alpha value is -2.84. The lowest BCUT2D eigenvalue weighted by Gasteiger charge is -2.20. The van der Waals surface area contributed by atoms with Crippen LogP contribution in [0.3, 0.4) is 0 Å². The molecule has 0 amide bonds. The fourth-order valence-electron chi connectivity index (χ4n) is 2.70. The maximum atomic E-state index is 13.2. The lowest BCUT2D eigenvalue weighted by molar-refractivity contribution is -0.137. The summed E-state index contributed by atoms with van der Waals surface area (Å²) < 4.78 is 13.2. The van der Waals surface area contributed by atoms with E-state index in [4.69, 9.17) is 12.2 Å². The van der Waals surface area contributed by atoms with Gasteiger partial charge in [-0.2, -0.15) is 0 Å². The lowest BCUT2D eigenvalue weighted by Crippen LogP contribution is -2.33. The van der Waals surface area contributed by atoms with Gasteiger partial charge in [0, 0.05) is 16.6 Å². The van der Waals surface area contributed by atoms with Gasteiger partial charge in [-0.1, -0.05) is 24.3 Å². The molecule has 0 saturated heterocycles. The predicted molar refractivity (Wildman–Crippen MR) is 113 cm³/mol. The summed E-state index contributed by atoms with van der Waals surface area (Å²) in [6.07, 6.45) is -0.189. The highest BCUT2D eigenvalue weighted by atomic mass is 32.1. The quantitative estimate of drug-likeness (QED) is 0.504. The van der Waals surface area contributed by atoms with Crippen LogP contribution in [0.25, 0.3) is 11.3 Å². The fraction of sp³-hybridized carbons (Fsp3) is 0.150. The van der Waals surface area contributed by atoms with Crippen LogP contribution >= 0.6 is 23.6 Å². The van der Waals surface area contributed by atoms with Crippen LogP contribution in [0.1, 0.15) is 23.0 Å². The first kappa shape index (κ1) is 19.9. The third kappa shape index (κ3) is 5.34. The normalized spacial score (nSPS) is 11.6. The Kier molecular flexibility index (Phi) is 6.33. The Balaban J connectivity index is 1.72. The lowest BCUT2D eigenvalue weighted by atomic mass is 10.0. The second-order valence-corrected chi connectivity index (χ2v) is 7.60. The van der Waals surface area contributed by atoms with Crippen LogP contribution in [0.2, 0.25) is 0 Å². The number of halogens is 1. The number of nitrogens with zero attached hydrogens (tertiary/aromatic N) is 1. The molecule has 1 atom stereocenters. The molecule has 0 fully saturated rings. The van der Waals surface area contributed by atoms with Gasteiger partial charge in [-0.25, -0.2) is 9.37 Å². The van der Waals surface area contributed by atoms with Crippen molar-refractivity contribution in [2.75, 3.05) is 5.32 Å². The Labute approximate surface area is 171 Å². The number of hydrogen-bond donors (Lipinski definition) is 3. The number of anilines is 1. The summed E-state index contributed by atoms with van der Waals surface area (Å²) in [5.74, 6) is -1.36. The van der Waals surface area contributed by atoms with E-state index in [-0.39, 0.29) is 17.4 Å². The number of aromatic nitrogens is 1. The summed E-state index contributed by atoms with van der Waals surface area (Å²) in [6.45, 7) is 1.95. The molecule has 3 N–H and O–H groups in total. The van der Waals surface area contributed by atoms with E-state index in [1.807, 2.05) is 36.6 Å². The molecule has 3 aromatic rings. The molecule has 1 unspecified atom stereocenters. The molecule has 28 heavy (non-hydrogen) atoms. The minimum absolute atomic E-state index is 0.189. The van der Waals surface area contributed by atoms with E-state index in [1.54, 1.807) is 23.5 Å². The molecular formula is C20H18FN3O2S2. The molecule has 144 valence electrons. The molecule has 0 aliphatic rings. The van der Waals surface area contributed by atoms with Crippen molar-refractivity contribution >= 4 is 40.3 Å². The van der Waals surface area contributed by atoms with E-state index in [1.165, 1.54) is 12.1 Å². The van der Waals surface area contributed by atoms with Gasteiger partial charge in [0.05, 0.1) is 23.2 Å². The average molecular weight is 416 g/mol. The number of aliphatic carboxylic acids is 1. The summed E-state index contributed by atoms with van der Waals surface area (Å²) >= 11 is 6.93. The zero-order chi connectivity index (χ0) is 20.1. The zero-order valence-electron chi connectivity index (χ0n) is 15.0. The van der Waals surface area contributed by atoms with Gasteiger partial charge in [0.25, 0.3) is 0 Å². The van der Waals surface area contributed by atoms with E-state index >= 15 is 0 Å². The van der Waals surface area contributed by atoms with Crippen molar-refractivity contribution in [1.82, 2.24) is 10.3 Å². The molecule has 0 spiro atoms. The maximum Gasteiger partial charge on any atom is 0.305 e. The summed E-state index contributed by atoms with van der Waals surface area (Å²) in [4.78, 5) is 15.7. The van der Waals surface area contributed by atoms with Crippen LogP contribution in [-0.2, 0) is 4.79 Å². The second kappa shape index (κ2) is 8.90. The van der Waals surface area contributed by atoms with Gasteiger partial charge in [0.15, 0.2) is 5.11 Å². The largest absolute Gasteiger partial charge is 0.481 e. The molecule has 8 heteroatoms. The van der Waals surface area contributed by atoms with E-state index < -0.39 is 12.0 Å². The molecule has 1 heterocycles. The fourth-order valence-corrected chi connectivity index (χ4v) is 3.58. The third-order valence-corrected chi connectivity index (χ3v) is 4.99. The van der Waals surface area contributed by atoms with E-state index in [0.29, 0.717) is 5.56 Å². The van der Waals surface area contributed by atoms with Crippen molar-refractivity contribution in [2.45, 2.75) is 19.4 Å². The number of carbonyl (C=O) groups is 1. The summed E-state index contributed by atoms with van der Waals surface area (Å²) in [6, 6.07) is 12.7. The van der Waals surface area contributed by atoms with Crippen LogP contribution in [0, 0.1) is 12.7 Å². The average Bonchev–Trinajstić information content (AvgIpc) is 3.08. The van der Waals surface area contributed by atoms with Crippen molar-refractivity contribution < 1.29 is 14.3 Å². The first-order chi connectivity index (χ1) is 13.4. The number of rotatable bonds is 6. The molecule has 2 aromatic carbocycles. The van der Waals surface area contributed by atoms with Gasteiger partial charge in [0.2, 0.25) is 0 Å². The molecule has 3 rings (SSSR count). The second-order valence-electron chi connectivity index (χ2n) is 6.13. The number of thiocarbonyl (C=S) groups is 1. The van der Waals surface area contributed by atoms with Gasteiger partial charge in [-0.05, 0) is 49.0 Å². The Morgan fingerprint density at radius 1 is 1.29 bits per heavy atom. The Morgan fingerprint density at radius 2 is 2.04 bits per heavy atom. The highest BCUT2D eigenvalue weighted by Gasteiger charge is 2.17. The van der Waals surface area contributed by atoms with Gasteiger partial charge in [0.1, 0.15) is 5.82 Å². The van der Waals surface area contributed by atoms with Gasteiger partial charge in [-0.3, -0.25) is 4.79 Å². The van der Waals surface area contributed by atoms with Crippen molar-refractivity contribution in [3.63, 3.8) is 0 Å². The SMILES string of the molecule is Cc1nc(-c2cccc(NC(=S)NC(CC(=O)O)c3ccc(F)cc3)c2)cs1. The summed E-state index contributed by atoms with van der Waals surface area (Å²) in [5.41, 5.74) is 3.24. The summed E-state index contributed by atoms with van der Waals surface area (Å²) in [7, 11) is 0. The highest BCUT2D eigenvalue weighted by Crippen LogP contribution is 2.24. The van der Waals surface area contributed by atoms with Crippen molar-refractivity contribution in [3.05, 3.63) is 70.3 Å². The number of aryl methyl sites for hydroxylation is 1. The molecule has 0 bridgehead atoms. The van der Waals surface area contributed by atoms with Crippen LogP contribution in [0.5, 0.6) is 0 Å². The van der Waals surface area contributed by atoms with Crippen LogP contribution < -0.4 is 10.6 Å². The molecule has 0 aliphatic carbocycles. The number of hydrogen-bond acceptors (Lipinski definition) is 4. The first-order valence-electron chi connectivity index (χ1n) is 8.48. The number of carboxylic acid groups (broad SMARTS) is 1. The molecule has 5 nitrogen and oxygen atoms in total. The first-order valence-corrected chi connectivity index (χ1v) is 9.77. The number of thiazole rings is 1. The van der Waals surface area contributed by atoms with Crippen LogP contribution in [0.4, 0.5) is 10.1 Å². The molecule has 1 aromatic heterocycles. The molecule has 0 radical (unpaired) electrons. The van der Waals surface area contributed by atoms with E-state index in [0.717, 1.165) is 22.0 Å². The minimum Gasteiger partial charge on any atom is -0.481 e. The summed E-state index contributed by atoms with van der Waals surface area (Å²) in [5, 5.41) is 18.5. The number of carboxylic acids is 1. The maximum absolute atomic E-state index is 13.2. The molecule has 0 aliphatic heterocycles. The third-order valence-electron chi connectivity index (χ3n) is 3.99. The van der Waals surface area contributed by atoms with Crippen LogP contribution in [0.15, 0.2) is 53.9 Å². The number of nitrogens with one attached hydrogen (secondary N) is 2. The topological polar surface area (TPSA) is 74.2 Å². The highest BCUT2D eigenvalue weighted by molar-refractivity contribution is 7.80. The van der Waals surface area contributed by atoms with Crippen molar-refractivity contribution in [2.24, 2.45) is 0 Å². The smallest absolute Gasteiger partial charge is 0.305 e. The predicted octanol–water partition coefficient (Wildman–Crippen LogP) is 4.76. The molecule has 0 saturated carbocycles. The monoisotopic (exact) mass is 415 g/mol. The Morgan fingerprint density at radius 3 is 2.68 bits per heavy atom. The van der Waals surface area contributed by atoms with Crippen molar-refractivity contribution in [3.8, 4) is 11.3 Å². The van der Waals surface area contributed by atoms with Crippen molar-refractivity contribution in [1.29, 1.82) is 0 Å². The van der Waals surface area contributed by atoms with Crippen LogP contribution in [-0.4, -0.2) is 21.2 Å². The van der Waals surface area contributed by atoms with Gasteiger partial charge < -0.3 is 15.7 Å².